The molecule has 0 bridgehead atoms. The predicted octanol–water partition coefficient (Wildman–Crippen LogP) is 1.52. The second-order valence-corrected chi connectivity index (χ2v) is 4.98. The molecule has 1 aliphatic heterocycles. The summed E-state index contributed by atoms with van der Waals surface area (Å²) in [5, 5.41) is 6.26. The number of amides is 1. The summed E-state index contributed by atoms with van der Waals surface area (Å²) in [6, 6.07) is 2.29. The zero-order chi connectivity index (χ0) is 10.7. The lowest BCUT2D eigenvalue weighted by molar-refractivity contribution is 0.0946. The monoisotopic (exact) mass is 355 g/mol. The fraction of sp³-hybridized carbons (Fsp3) is 0.500. The molecule has 0 aliphatic carbocycles. The highest BCUT2D eigenvalue weighted by Gasteiger charge is 2.15. The molecule has 1 unspecified atom stereocenters. The standard InChI is InChI=1S/C10H14IN3O.ClH/c11-7-4-9(13-5-7)10(15)14-6-8-2-1-3-12-8;/h4-5,8,12-13H,1-3,6H2,(H,14,15);1H. The van der Waals surface area contributed by atoms with Crippen LogP contribution in [0.5, 0.6) is 0 Å². The minimum atomic E-state index is -0.0217. The number of nitrogens with one attached hydrogen (secondary N) is 3. The molecule has 4 nitrogen and oxygen atoms in total. The summed E-state index contributed by atoms with van der Waals surface area (Å²) in [5.41, 5.74) is 0.636. The van der Waals surface area contributed by atoms with Crippen LogP contribution in [0.15, 0.2) is 12.3 Å². The summed E-state index contributed by atoms with van der Waals surface area (Å²) in [5.74, 6) is -0.0217. The number of aromatic nitrogens is 1. The first-order chi connectivity index (χ1) is 7.25. The Bertz CT molecular complexity index is 350. The highest BCUT2D eigenvalue weighted by atomic mass is 127. The molecule has 1 aromatic rings. The van der Waals surface area contributed by atoms with Crippen molar-refractivity contribution in [2.24, 2.45) is 0 Å². The van der Waals surface area contributed by atoms with Crippen molar-refractivity contribution in [2.45, 2.75) is 18.9 Å². The largest absolute Gasteiger partial charge is 0.356 e. The highest BCUT2D eigenvalue weighted by Crippen LogP contribution is 2.07. The molecule has 0 saturated carbocycles. The van der Waals surface area contributed by atoms with Crippen molar-refractivity contribution in [2.75, 3.05) is 13.1 Å². The normalized spacial score (nSPS) is 19.2. The van der Waals surface area contributed by atoms with Crippen LogP contribution in [0.2, 0.25) is 0 Å². The molecule has 3 N–H and O–H groups in total. The van der Waals surface area contributed by atoms with Crippen molar-refractivity contribution >= 4 is 40.9 Å². The number of halogens is 2. The van der Waals surface area contributed by atoms with Gasteiger partial charge in [0.05, 0.1) is 0 Å². The van der Waals surface area contributed by atoms with Gasteiger partial charge in [-0.2, -0.15) is 0 Å². The zero-order valence-corrected chi connectivity index (χ0v) is 11.7. The first-order valence-electron chi connectivity index (χ1n) is 5.11. The van der Waals surface area contributed by atoms with E-state index in [1.165, 1.54) is 6.42 Å². The molecule has 6 heteroatoms. The molecule has 1 saturated heterocycles. The van der Waals surface area contributed by atoms with Crippen molar-refractivity contribution in [3.63, 3.8) is 0 Å². The fourth-order valence-corrected chi connectivity index (χ4v) is 2.21. The van der Waals surface area contributed by atoms with Crippen LogP contribution in [0, 0.1) is 3.57 Å². The maximum Gasteiger partial charge on any atom is 0.267 e. The Hall–Kier alpha value is -0.270. The predicted molar refractivity (Wildman–Crippen MR) is 74.1 cm³/mol. The Kier molecular flexibility index (Phi) is 5.57. The third kappa shape index (κ3) is 3.64. The van der Waals surface area contributed by atoms with Gasteiger partial charge in [0.1, 0.15) is 5.69 Å². The minimum absolute atomic E-state index is 0. The summed E-state index contributed by atoms with van der Waals surface area (Å²) >= 11 is 2.18. The molecule has 1 fully saturated rings. The molecule has 1 aliphatic rings. The quantitative estimate of drug-likeness (QED) is 0.720. The molecule has 2 rings (SSSR count). The maximum absolute atomic E-state index is 11.6. The smallest absolute Gasteiger partial charge is 0.267 e. The van der Waals surface area contributed by atoms with Crippen LogP contribution in [-0.2, 0) is 0 Å². The molecule has 1 aromatic heterocycles. The first kappa shape index (κ1) is 13.8. The van der Waals surface area contributed by atoms with E-state index in [0.717, 1.165) is 16.5 Å². The van der Waals surface area contributed by atoms with Crippen LogP contribution in [0.4, 0.5) is 0 Å². The lowest BCUT2D eigenvalue weighted by atomic mass is 10.2. The molecule has 0 radical (unpaired) electrons. The number of aromatic amines is 1. The van der Waals surface area contributed by atoms with Gasteiger partial charge in [0.25, 0.3) is 5.91 Å². The summed E-state index contributed by atoms with van der Waals surface area (Å²) in [6.07, 6.45) is 4.19. The average molecular weight is 356 g/mol. The van der Waals surface area contributed by atoms with Crippen LogP contribution in [0.25, 0.3) is 0 Å². The van der Waals surface area contributed by atoms with Gasteiger partial charge < -0.3 is 15.6 Å². The Morgan fingerprint density at radius 1 is 1.62 bits per heavy atom. The van der Waals surface area contributed by atoms with Crippen LogP contribution in [0.1, 0.15) is 23.3 Å². The maximum atomic E-state index is 11.6. The van der Waals surface area contributed by atoms with Crippen molar-refractivity contribution < 1.29 is 4.79 Å². The number of carbonyl (C=O) groups is 1. The van der Waals surface area contributed by atoms with Crippen LogP contribution in [-0.4, -0.2) is 30.0 Å². The van der Waals surface area contributed by atoms with Crippen molar-refractivity contribution in [1.29, 1.82) is 0 Å². The molecule has 0 aromatic carbocycles. The van der Waals surface area contributed by atoms with Gasteiger partial charge >= 0.3 is 0 Å². The fourth-order valence-electron chi connectivity index (χ4n) is 1.74. The Morgan fingerprint density at radius 3 is 3.00 bits per heavy atom. The number of hydrogen-bond donors (Lipinski definition) is 3. The van der Waals surface area contributed by atoms with E-state index in [1.807, 2.05) is 12.3 Å². The van der Waals surface area contributed by atoms with Crippen LogP contribution >= 0.6 is 35.0 Å². The van der Waals surface area contributed by atoms with E-state index < -0.39 is 0 Å². The lowest BCUT2D eigenvalue weighted by Crippen LogP contribution is -2.37. The van der Waals surface area contributed by atoms with Gasteiger partial charge in [-0.15, -0.1) is 12.4 Å². The van der Waals surface area contributed by atoms with Gasteiger partial charge in [-0.3, -0.25) is 4.79 Å². The minimum Gasteiger partial charge on any atom is -0.356 e. The van der Waals surface area contributed by atoms with E-state index in [2.05, 4.69) is 38.2 Å². The summed E-state index contributed by atoms with van der Waals surface area (Å²) in [7, 11) is 0. The van der Waals surface area contributed by atoms with Gasteiger partial charge in [-0.05, 0) is 48.0 Å². The van der Waals surface area contributed by atoms with Gasteiger partial charge in [0.15, 0.2) is 0 Å². The topological polar surface area (TPSA) is 56.9 Å². The van der Waals surface area contributed by atoms with E-state index in [-0.39, 0.29) is 18.3 Å². The summed E-state index contributed by atoms with van der Waals surface area (Å²) in [4.78, 5) is 14.6. The van der Waals surface area contributed by atoms with Crippen molar-refractivity contribution in [1.82, 2.24) is 15.6 Å². The number of H-pyrrole nitrogens is 1. The Morgan fingerprint density at radius 2 is 2.44 bits per heavy atom. The summed E-state index contributed by atoms with van der Waals surface area (Å²) in [6.45, 7) is 1.79. The van der Waals surface area contributed by atoms with Gasteiger partial charge in [0, 0.05) is 22.4 Å². The number of rotatable bonds is 3. The van der Waals surface area contributed by atoms with Gasteiger partial charge in [-0.25, -0.2) is 0 Å². The Labute approximate surface area is 115 Å². The molecular formula is C10H15ClIN3O. The molecule has 1 amide bonds. The highest BCUT2D eigenvalue weighted by molar-refractivity contribution is 14.1. The van der Waals surface area contributed by atoms with E-state index in [1.54, 1.807) is 0 Å². The van der Waals surface area contributed by atoms with Crippen molar-refractivity contribution in [3.8, 4) is 0 Å². The average Bonchev–Trinajstić information content (AvgIpc) is 2.84. The lowest BCUT2D eigenvalue weighted by Gasteiger charge is -2.10. The second kappa shape index (κ2) is 6.46. The third-order valence-electron chi connectivity index (χ3n) is 2.56. The van der Waals surface area contributed by atoms with E-state index in [9.17, 15) is 4.79 Å². The van der Waals surface area contributed by atoms with E-state index >= 15 is 0 Å². The second-order valence-electron chi connectivity index (χ2n) is 3.73. The SMILES string of the molecule is Cl.O=C(NCC1CCCN1)c1cc(I)c[nH]1. The van der Waals surface area contributed by atoms with Gasteiger partial charge in [-0.1, -0.05) is 0 Å². The van der Waals surface area contributed by atoms with E-state index in [0.29, 0.717) is 18.3 Å². The summed E-state index contributed by atoms with van der Waals surface area (Å²) < 4.78 is 1.05. The van der Waals surface area contributed by atoms with E-state index in [4.69, 9.17) is 0 Å². The molecular weight excluding hydrogens is 340 g/mol. The van der Waals surface area contributed by atoms with Crippen LogP contribution in [0.3, 0.4) is 0 Å². The molecule has 1 atom stereocenters. The molecule has 2 heterocycles. The van der Waals surface area contributed by atoms with Crippen molar-refractivity contribution in [3.05, 3.63) is 21.5 Å². The molecule has 90 valence electrons. The molecule has 0 spiro atoms. The third-order valence-corrected chi connectivity index (χ3v) is 3.19. The number of hydrogen-bond acceptors (Lipinski definition) is 2. The van der Waals surface area contributed by atoms with Gasteiger partial charge in [0.2, 0.25) is 0 Å². The molecule has 16 heavy (non-hydrogen) atoms. The van der Waals surface area contributed by atoms with Crippen LogP contribution < -0.4 is 10.6 Å². The Balaban J connectivity index is 0.00000128. The number of carbonyl (C=O) groups excluding carboxylic acids is 1. The zero-order valence-electron chi connectivity index (χ0n) is 8.75. The first-order valence-corrected chi connectivity index (χ1v) is 6.19.